The Labute approximate surface area is 203 Å². The Morgan fingerprint density at radius 3 is 2.03 bits per heavy atom. The molecule has 4 heterocycles. The molecule has 0 aromatic carbocycles. The van der Waals surface area contributed by atoms with Gasteiger partial charge in [-0.05, 0) is 12.1 Å². The summed E-state index contributed by atoms with van der Waals surface area (Å²) < 4.78 is 12.7. The molecule has 0 spiro atoms. The molecule has 36 heavy (non-hydrogen) atoms. The SMILES string of the molecule is C#C[C@@]1(O)[C@@H](CO)O[C@@H](n2ccc(N)nc2=O)[C@@H]1O.C=C1[C@H](n2ccc(N)nc2=O)O[C@H](CO)[C@H]1O. The van der Waals surface area contributed by atoms with Crippen molar-refractivity contribution in [3.05, 3.63) is 57.6 Å². The van der Waals surface area contributed by atoms with Crippen LogP contribution in [-0.4, -0.2) is 87.9 Å². The van der Waals surface area contributed by atoms with E-state index in [1.807, 2.05) is 5.92 Å². The maximum atomic E-state index is 11.7. The lowest BCUT2D eigenvalue weighted by Crippen LogP contribution is -2.48. The Balaban J connectivity index is 0.000000202. The third kappa shape index (κ3) is 4.87. The molecule has 194 valence electrons. The summed E-state index contributed by atoms with van der Waals surface area (Å²) in [6, 6.07) is 2.77. The summed E-state index contributed by atoms with van der Waals surface area (Å²) in [6.07, 6.45) is 1.16. The average molecular weight is 506 g/mol. The summed E-state index contributed by atoms with van der Waals surface area (Å²) in [5.41, 5.74) is 7.57. The highest BCUT2D eigenvalue weighted by Crippen LogP contribution is 2.36. The molecule has 0 aliphatic carbocycles. The van der Waals surface area contributed by atoms with Crippen molar-refractivity contribution in [2.45, 2.75) is 42.5 Å². The standard InChI is InChI=1S/C11H13N3O5.C10H13N3O4/c1-2-11(18)6(5-15)19-9(8(11)16)14-4-3-7(12)13-10(14)17;1-5-8(15)6(4-14)17-9(5)13-3-2-7(11)12-10(13)16/h1,3-4,6,8-9,15-16,18H,5H2,(H2,12,13,17);2-3,6,8-9,14-15H,1,4H2,(H2,11,12,16)/t6-,8+,9-,11-;6-,8+,9-/m11/s1. The normalized spacial score (nSPS) is 31.5. The molecule has 7 atom stereocenters. The van der Waals surface area contributed by atoms with Crippen LogP contribution in [0.4, 0.5) is 11.6 Å². The fourth-order valence-electron chi connectivity index (χ4n) is 3.66. The first kappa shape index (κ1) is 27.0. The monoisotopic (exact) mass is 506 g/mol. The summed E-state index contributed by atoms with van der Waals surface area (Å²) in [4.78, 5) is 30.3. The molecule has 2 saturated heterocycles. The van der Waals surface area contributed by atoms with Gasteiger partial charge >= 0.3 is 11.4 Å². The highest BCUT2D eigenvalue weighted by Gasteiger charge is 2.55. The predicted octanol–water partition coefficient (Wildman–Crippen LogP) is -3.93. The second-order valence-corrected chi connectivity index (χ2v) is 7.93. The molecule has 4 rings (SSSR count). The van der Waals surface area contributed by atoms with E-state index in [-0.39, 0.29) is 18.2 Å². The van der Waals surface area contributed by atoms with Crippen LogP contribution in [0, 0.1) is 12.3 Å². The lowest BCUT2D eigenvalue weighted by atomic mass is 9.93. The van der Waals surface area contributed by atoms with Gasteiger partial charge in [0.2, 0.25) is 0 Å². The van der Waals surface area contributed by atoms with E-state index in [4.69, 9.17) is 37.6 Å². The molecule has 15 nitrogen and oxygen atoms in total. The predicted molar refractivity (Wildman–Crippen MR) is 123 cm³/mol. The van der Waals surface area contributed by atoms with Crippen molar-refractivity contribution in [2.75, 3.05) is 24.7 Å². The summed E-state index contributed by atoms with van der Waals surface area (Å²) in [6.45, 7) is 2.69. The molecule has 0 unspecified atom stereocenters. The van der Waals surface area contributed by atoms with Crippen LogP contribution in [0.1, 0.15) is 12.5 Å². The zero-order valence-corrected chi connectivity index (χ0v) is 18.8. The minimum atomic E-state index is -2.08. The average Bonchev–Trinajstić information content (AvgIpc) is 3.27. The van der Waals surface area contributed by atoms with Gasteiger partial charge in [0.15, 0.2) is 18.1 Å². The summed E-state index contributed by atoms with van der Waals surface area (Å²) >= 11 is 0. The number of nitrogen functional groups attached to an aromatic ring is 2. The Kier molecular flexibility index (Phi) is 7.91. The third-order valence-corrected chi connectivity index (χ3v) is 5.68. The maximum absolute atomic E-state index is 11.7. The fraction of sp³-hybridized carbons (Fsp3) is 0.429. The van der Waals surface area contributed by atoms with Gasteiger partial charge in [-0.3, -0.25) is 9.13 Å². The van der Waals surface area contributed by atoms with Crippen LogP contribution >= 0.6 is 0 Å². The first-order chi connectivity index (χ1) is 17.0. The Bertz CT molecular complexity index is 1270. The van der Waals surface area contributed by atoms with Crippen LogP contribution in [0.5, 0.6) is 0 Å². The van der Waals surface area contributed by atoms with E-state index >= 15 is 0 Å². The highest BCUT2D eigenvalue weighted by atomic mass is 16.6. The molecule has 15 heteroatoms. The number of hydrogen-bond donors (Lipinski definition) is 7. The van der Waals surface area contributed by atoms with Crippen molar-refractivity contribution in [3.63, 3.8) is 0 Å². The summed E-state index contributed by atoms with van der Waals surface area (Å²) in [5, 5.41) is 47.9. The first-order valence-electron chi connectivity index (χ1n) is 10.4. The van der Waals surface area contributed by atoms with Crippen LogP contribution < -0.4 is 22.8 Å². The largest absolute Gasteiger partial charge is 0.394 e. The number of aliphatic hydroxyl groups is 5. The lowest BCUT2D eigenvalue weighted by molar-refractivity contribution is -0.0624. The van der Waals surface area contributed by atoms with E-state index in [0.29, 0.717) is 5.57 Å². The summed E-state index contributed by atoms with van der Waals surface area (Å²) in [5.74, 6) is 2.10. The van der Waals surface area contributed by atoms with Crippen molar-refractivity contribution in [3.8, 4) is 12.3 Å². The van der Waals surface area contributed by atoms with Gasteiger partial charge in [0.25, 0.3) is 0 Å². The molecule has 0 bridgehead atoms. The number of ether oxygens (including phenoxy) is 2. The van der Waals surface area contributed by atoms with Crippen molar-refractivity contribution < 1.29 is 35.0 Å². The van der Waals surface area contributed by atoms with E-state index in [2.05, 4.69) is 16.5 Å². The molecular formula is C21H26N6O9. The molecule has 2 aromatic rings. The second kappa shape index (κ2) is 10.6. The van der Waals surface area contributed by atoms with Gasteiger partial charge in [0.1, 0.15) is 36.1 Å². The van der Waals surface area contributed by atoms with Crippen molar-refractivity contribution in [2.24, 2.45) is 0 Å². The third-order valence-electron chi connectivity index (χ3n) is 5.68. The molecular weight excluding hydrogens is 480 g/mol. The van der Waals surface area contributed by atoms with E-state index in [9.17, 15) is 24.9 Å². The molecule has 0 radical (unpaired) electrons. The lowest BCUT2D eigenvalue weighted by Gasteiger charge is -2.23. The number of aliphatic hydroxyl groups excluding tert-OH is 4. The van der Waals surface area contributed by atoms with E-state index in [1.54, 1.807) is 0 Å². The van der Waals surface area contributed by atoms with E-state index < -0.39 is 60.5 Å². The van der Waals surface area contributed by atoms with Gasteiger partial charge < -0.3 is 46.5 Å². The maximum Gasteiger partial charge on any atom is 0.351 e. The van der Waals surface area contributed by atoms with Gasteiger partial charge in [-0.15, -0.1) is 6.42 Å². The van der Waals surface area contributed by atoms with Gasteiger partial charge in [-0.1, -0.05) is 12.5 Å². The number of anilines is 2. The van der Waals surface area contributed by atoms with Gasteiger partial charge in [-0.2, -0.15) is 9.97 Å². The number of hydrogen-bond acceptors (Lipinski definition) is 13. The van der Waals surface area contributed by atoms with Crippen LogP contribution in [0.2, 0.25) is 0 Å². The zero-order chi connectivity index (χ0) is 26.8. The molecule has 9 N–H and O–H groups in total. The van der Waals surface area contributed by atoms with Crippen LogP contribution in [0.25, 0.3) is 0 Å². The van der Waals surface area contributed by atoms with Gasteiger partial charge in [-0.25, -0.2) is 9.59 Å². The minimum Gasteiger partial charge on any atom is -0.394 e. The van der Waals surface area contributed by atoms with Gasteiger partial charge in [0, 0.05) is 18.0 Å². The zero-order valence-electron chi connectivity index (χ0n) is 18.8. The van der Waals surface area contributed by atoms with E-state index in [1.165, 1.54) is 24.5 Å². The van der Waals surface area contributed by atoms with Gasteiger partial charge in [0.05, 0.1) is 13.2 Å². The number of terminal acetylenes is 1. The highest BCUT2D eigenvalue weighted by molar-refractivity contribution is 5.26. The van der Waals surface area contributed by atoms with E-state index in [0.717, 1.165) is 9.13 Å². The number of rotatable bonds is 4. The Hall–Kier alpha value is -3.62. The summed E-state index contributed by atoms with van der Waals surface area (Å²) in [7, 11) is 0. The van der Waals surface area contributed by atoms with Crippen LogP contribution in [0.3, 0.4) is 0 Å². The topological polar surface area (TPSA) is 241 Å². The first-order valence-corrected chi connectivity index (χ1v) is 10.4. The van der Waals surface area contributed by atoms with Crippen molar-refractivity contribution in [1.82, 2.24) is 19.1 Å². The molecule has 2 fully saturated rings. The van der Waals surface area contributed by atoms with Crippen LogP contribution in [0.15, 0.2) is 46.3 Å². The molecule has 0 amide bonds. The molecule has 2 aliphatic rings. The van der Waals surface area contributed by atoms with Crippen molar-refractivity contribution in [1.29, 1.82) is 0 Å². The smallest absolute Gasteiger partial charge is 0.351 e. The Morgan fingerprint density at radius 1 is 1.06 bits per heavy atom. The minimum absolute atomic E-state index is 0.0136. The molecule has 0 saturated carbocycles. The van der Waals surface area contributed by atoms with Crippen LogP contribution in [-0.2, 0) is 9.47 Å². The molecule has 2 aromatic heterocycles. The quantitative estimate of drug-likeness (QED) is 0.155. The number of nitrogens with zero attached hydrogens (tertiary/aromatic N) is 4. The van der Waals surface area contributed by atoms with Crippen molar-refractivity contribution >= 4 is 11.6 Å². The molecule has 2 aliphatic heterocycles. The fourth-order valence-corrected chi connectivity index (χ4v) is 3.66. The number of nitrogens with two attached hydrogens (primary N) is 2. The second-order valence-electron chi connectivity index (χ2n) is 7.93. The number of aromatic nitrogens is 4. The Morgan fingerprint density at radius 2 is 1.61 bits per heavy atom.